The van der Waals surface area contributed by atoms with E-state index in [-0.39, 0.29) is 12.4 Å². The van der Waals surface area contributed by atoms with Crippen LogP contribution in [0.4, 0.5) is 0 Å². The monoisotopic (exact) mass is 509 g/mol. The Hall–Kier alpha value is -2.69. The maximum Gasteiger partial charge on any atom is 0.161 e. The van der Waals surface area contributed by atoms with Gasteiger partial charge >= 0.3 is 0 Å². The number of methoxy groups -OCH3 is 2. The zero-order chi connectivity index (χ0) is 24.3. The molecule has 36 heavy (non-hydrogen) atoms. The van der Waals surface area contributed by atoms with Crippen molar-refractivity contribution in [3.63, 3.8) is 0 Å². The number of hydrogen-bond acceptors (Lipinski definition) is 4. The Bertz CT molecular complexity index is 1040. The Labute approximate surface area is 222 Å². The highest BCUT2D eigenvalue weighted by atomic mass is 35.5. The van der Waals surface area contributed by atoms with Gasteiger partial charge in [0.1, 0.15) is 12.4 Å². The molecule has 0 saturated heterocycles. The fourth-order valence-electron chi connectivity index (χ4n) is 4.96. The van der Waals surface area contributed by atoms with Crippen LogP contribution in [0.2, 0.25) is 0 Å². The smallest absolute Gasteiger partial charge is 0.161 e. The van der Waals surface area contributed by atoms with Crippen LogP contribution in [-0.2, 0) is 25.9 Å². The van der Waals surface area contributed by atoms with Gasteiger partial charge in [0.15, 0.2) is 11.5 Å². The lowest BCUT2D eigenvalue weighted by atomic mass is 9.81. The zero-order valence-electron chi connectivity index (χ0n) is 21.6. The summed E-state index contributed by atoms with van der Waals surface area (Å²) in [7, 11) is 3.43. The first-order chi connectivity index (χ1) is 17.2. The van der Waals surface area contributed by atoms with Crippen LogP contribution in [0.3, 0.4) is 0 Å². The summed E-state index contributed by atoms with van der Waals surface area (Å²) in [6, 6.07) is 23.2. The van der Waals surface area contributed by atoms with Crippen molar-refractivity contribution in [2.45, 2.75) is 51.6 Å². The van der Waals surface area contributed by atoms with E-state index < -0.39 is 0 Å². The van der Waals surface area contributed by atoms with E-state index in [0.717, 1.165) is 61.9 Å². The molecular formula is C31H40ClNO3. The first-order valence-corrected chi connectivity index (χ1v) is 13.0. The van der Waals surface area contributed by atoms with E-state index in [2.05, 4.69) is 53.8 Å². The highest BCUT2D eigenvalue weighted by molar-refractivity contribution is 5.85. The van der Waals surface area contributed by atoms with Gasteiger partial charge < -0.3 is 19.5 Å². The van der Waals surface area contributed by atoms with Crippen LogP contribution < -0.4 is 19.5 Å². The Morgan fingerprint density at radius 2 is 1.50 bits per heavy atom. The molecule has 0 fully saturated rings. The fourth-order valence-corrected chi connectivity index (χ4v) is 4.96. The average molecular weight is 510 g/mol. The second-order valence-corrected chi connectivity index (χ2v) is 9.50. The number of ether oxygens (including phenoxy) is 3. The summed E-state index contributed by atoms with van der Waals surface area (Å²) in [6.45, 7) is 2.78. The van der Waals surface area contributed by atoms with E-state index in [1.54, 1.807) is 14.2 Å². The quantitative estimate of drug-likeness (QED) is 0.257. The number of benzene rings is 3. The van der Waals surface area contributed by atoms with Crippen molar-refractivity contribution in [1.29, 1.82) is 0 Å². The predicted octanol–water partition coefficient (Wildman–Crippen LogP) is 6.81. The van der Waals surface area contributed by atoms with Crippen molar-refractivity contribution in [2.24, 2.45) is 5.92 Å². The largest absolute Gasteiger partial charge is 0.493 e. The van der Waals surface area contributed by atoms with Crippen LogP contribution in [0.25, 0.3) is 0 Å². The van der Waals surface area contributed by atoms with Gasteiger partial charge in [-0.05, 0) is 110 Å². The van der Waals surface area contributed by atoms with Crippen molar-refractivity contribution in [3.8, 4) is 17.2 Å². The highest BCUT2D eigenvalue weighted by Crippen LogP contribution is 2.36. The van der Waals surface area contributed by atoms with Crippen LogP contribution in [-0.4, -0.2) is 27.3 Å². The summed E-state index contributed by atoms with van der Waals surface area (Å²) in [5, 5.41) is 3.64. The maximum absolute atomic E-state index is 5.88. The normalized spacial score (nSPS) is 14.4. The molecule has 0 heterocycles. The van der Waals surface area contributed by atoms with Crippen molar-refractivity contribution < 1.29 is 14.2 Å². The Morgan fingerprint density at radius 1 is 0.806 bits per heavy atom. The molecule has 1 N–H and O–H groups in total. The van der Waals surface area contributed by atoms with Gasteiger partial charge in [-0.2, -0.15) is 0 Å². The molecule has 1 aliphatic rings. The lowest BCUT2D eigenvalue weighted by Crippen LogP contribution is -2.20. The van der Waals surface area contributed by atoms with Crippen molar-refractivity contribution >= 4 is 12.4 Å². The number of nitrogens with one attached hydrogen (secondary N) is 1. The molecule has 194 valence electrons. The lowest BCUT2D eigenvalue weighted by Gasteiger charge is -2.26. The van der Waals surface area contributed by atoms with Gasteiger partial charge in [-0.1, -0.05) is 42.5 Å². The van der Waals surface area contributed by atoms with Crippen molar-refractivity contribution in [1.82, 2.24) is 5.32 Å². The number of aryl methyl sites for hydroxylation is 2. The van der Waals surface area contributed by atoms with Gasteiger partial charge in [0.05, 0.1) is 14.2 Å². The number of halogens is 1. The second-order valence-electron chi connectivity index (χ2n) is 9.50. The molecule has 0 spiro atoms. The molecule has 0 aromatic heterocycles. The number of hydrogen-bond donors (Lipinski definition) is 1. The van der Waals surface area contributed by atoms with E-state index in [9.17, 15) is 0 Å². The third-order valence-electron chi connectivity index (χ3n) is 6.99. The molecule has 1 unspecified atom stereocenters. The molecule has 1 atom stereocenters. The predicted molar refractivity (Wildman–Crippen MR) is 150 cm³/mol. The van der Waals surface area contributed by atoms with Crippen molar-refractivity contribution in [3.05, 3.63) is 89.0 Å². The molecule has 5 heteroatoms. The van der Waals surface area contributed by atoms with E-state index in [0.29, 0.717) is 6.61 Å². The standard InChI is InChI=1S/C31H39NO3.ClH/c1-33-30-21-27-15-12-25(20-28(27)22-31(30)34-2)11-7-19-32-18-6-10-24-13-16-29(17-14-24)35-23-26-8-4-3-5-9-26;/h3-5,8-9,13-14,16-17,21-22,25,32H,6-7,10-12,15,18-20,23H2,1-2H3;1H. The topological polar surface area (TPSA) is 39.7 Å². The molecule has 0 radical (unpaired) electrons. The third kappa shape index (κ3) is 8.18. The summed E-state index contributed by atoms with van der Waals surface area (Å²) < 4.78 is 16.8. The summed E-state index contributed by atoms with van der Waals surface area (Å²) in [6.07, 6.45) is 8.34. The third-order valence-corrected chi connectivity index (χ3v) is 6.99. The van der Waals surface area contributed by atoms with E-state index >= 15 is 0 Å². The molecule has 1 aliphatic carbocycles. The van der Waals surface area contributed by atoms with Crippen molar-refractivity contribution in [2.75, 3.05) is 27.3 Å². The summed E-state index contributed by atoms with van der Waals surface area (Å²) in [5.41, 5.74) is 5.42. The van der Waals surface area contributed by atoms with Gasteiger partial charge in [-0.3, -0.25) is 0 Å². The first-order valence-electron chi connectivity index (χ1n) is 13.0. The minimum Gasteiger partial charge on any atom is -0.493 e. The van der Waals surface area contributed by atoms with E-state index in [4.69, 9.17) is 14.2 Å². The van der Waals surface area contributed by atoms with Crippen LogP contribution in [0.1, 0.15) is 47.9 Å². The molecule has 4 nitrogen and oxygen atoms in total. The Morgan fingerprint density at radius 3 is 2.22 bits per heavy atom. The summed E-state index contributed by atoms with van der Waals surface area (Å²) >= 11 is 0. The van der Waals surface area contributed by atoms with E-state index in [1.807, 2.05) is 18.2 Å². The van der Waals surface area contributed by atoms with Crippen LogP contribution >= 0.6 is 12.4 Å². The van der Waals surface area contributed by atoms with E-state index in [1.165, 1.54) is 41.5 Å². The average Bonchev–Trinajstić information content (AvgIpc) is 2.91. The van der Waals surface area contributed by atoms with Crippen LogP contribution in [0, 0.1) is 5.92 Å². The van der Waals surface area contributed by atoms with Gasteiger partial charge in [-0.25, -0.2) is 0 Å². The molecule has 3 aromatic carbocycles. The molecular weight excluding hydrogens is 470 g/mol. The summed E-state index contributed by atoms with van der Waals surface area (Å²) in [4.78, 5) is 0. The molecule has 0 bridgehead atoms. The Kier molecular flexibility index (Phi) is 11.4. The lowest BCUT2D eigenvalue weighted by molar-refractivity contribution is 0.306. The van der Waals surface area contributed by atoms with Crippen LogP contribution in [0.15, 0.2) is 66.7 Å². The molecule has 0 aliphatic heterocycles. The molecule has 0 saturated carbocycles. The fraction of sp³-hybridized carbons (Fsp3) is 0.419. The number of rotatable bonds is 13. The van der Waals surface area contributed by atoms with Crippen LogP contribution in [0.5, 0.6) is 17.2 Å². The molecule has 4 rings (SSSR count). The summed E-state index contributed by atoms with van der Waals surface area (Å²) in [5.74, 6) is 3.40. The first kappa shape index (κ1) is 27.9. The zero-order valence-corrected chi connectivity index (χ0v) is 22.4. The maximum atomic E-state index is 5.88. The number of fused-ring (bicyclic) bond motifs is 1. The van der Waals surface area contributed by atoms with Gasteiger partial charge in [-0.15, -0.1) is 12.4 Å². The minimum atomic E-state index is 0. The molecule has 3 aromatic rings. The minimum absolute atomic E-state index is 0. The van der Waals surface area contributed by atoms with Gasteiger partial charge in [0.2, 0.25) is 0 Å². The van der Waals surface area contributed by atoms with Gasteiger partial charge in [0, 0.05) is 0 Å². The highest BCUT2D eigenvalue weighted by Gasteiger charge is 2.21. The Balaban J connectivity index is 0.00000361. The molecule has 0 amide bonds. The van der Waals surface area contributed by atoms with Gasteiger partial charge in [0.25, 0.3) is 0 Å². The SMILES string of the molecule is COc1cc2c(cc1OC)CC(CCCNCCCc1ccc(OCc3ccccc3)cc1)CC2.Cl. The second kappa shape index (κ2) is 14.8.